The summed E-state index contributed by atoms with van der Waals surface area (Å²) in [7, 11) is 3.43. The van der Waals surface area contributed by atoms with Crippen molar-refractivity contribution in [2.45, 2.75) is 37.3 Å². The van der Waals surface area contributed by atoms with Gasteiger partial charge in [-0.25, -0.2) is 0 Å². The Hall–Kier alpha value is -0.421. The number of ether oxygens (including phenoxy) is 4. The van der Waals surface area contributed by atoms with Crippen molar-refractivity contribution in [3.8, 4) is 0 Å². The van der Waals surface area contributed by atoms with Crippen LogP contribution in [0.2, 0.25) is 4.82 Å². The van der Waals surface area contributed by atoms with E-state index < -0.39 is 0 Å². The SMILES string of the molecule is CC[C@@H](OCOCCOC)[C@H]([Se]c1ccccc1)[C@@H](C)OC. The van der Waals surface area contributed by atoms with E-state index >= 15 is 0 Å². The van der Waals surface area contributed by atoms with Crippen LogP contribution in [0.1, 0.15) is 20.3 Å². The minimum atomic E-state index is 0.137. The third kappa shape index (κ3) is 7.23. The number of methoxy groups -OCH3 is 2. The number of hydrogen-bond acceptors (Lipinski definition) is 4. The van der Waals surface area contributed by atoms with Gasteiger partial charge in [0.15, 0.2) is 0 Å². The molecule has 0 N–H and O–H groups in total. The molecule has 0 aliphatic heterocycles. The van der Waals surface area contributed by atoms with E-state index in [1.165, 1.54) is 4.46 Å². The molecule has 3 atom stereocenters. The molecule has 0 saturated heterocycles. The average molecular weight is 375 g/mol. The van der Waals surface area contributed by atoms with Crippen molar-refractivity contribution in [1.29, 1.82) is 0 Å². The van der Waals surface area contributed by atoms with Gasteiger partial charge in [0.1, 0.15) is 0 Å². The Bertz CT molecular complexity index is 374. The molecule has 126 valence electrons. The Labute approximate surface area is 140 Å². The zero-order chi connectivity index (χ0) is 16.2. The molecule has 0 saturated carbocycles. The van der Waals surface area contributed by atoms with Crippen LogP contribution < -0.4 is 4.46 Å². The molecule has 4 nitrogen and oxygen atoms in total. The molecule has 5 heteroatoms. The predicted octanol–water partition coefficient (Wildman–Crippen LogP) is 2.26. The Morgan fingerprint density at radius 3 is 2.41 bits per heavy atom. The summed E-state index contributed by atoms with van der Waals surface area (Å²) in [6, 6.07) is 10.6. The fraction of sp³-hybridized carbons (Fsp3) is 0.647. The van der Waals surface area contributed by atoms with Gasteiger partial charge in [0.25, 0.3) is 0 Å². The van der Waals surface area contributed by atoms with Gasteiger partial charge in [-0.2, -0.15) is 0 Å². The predicted molar refractivity (Wildman–Crippen MR) is 89.9 cm³/mol. The van der Waals surface area contributed by atoms with Crippen molar-refractivity contribution in [2.75, 3.05) is 34.2 Å². The first-order valence-corrected chi connectivity index (χ1v) is 9.50. The van der Waals surface area contributed by atoms with E-state index in [4.69, 9.17) is 18.9 Å². The molecule has 22 heavy (non-hydrogen) atoms. The van der Waals surface area contributed by atoms with Crippen LogP contribution in [-0.2, 0) is 18.9 Å². The fourth-order valence-corrected chi connectivity index (χ4v) is 4.89. The molecule has 1 aromatic carbocycles. The zero-order valence-corrected chi connectivity index (χ0v) is 15.7. The third-order valence-electron chi connectivity index (χ3n) is 3.42. The van der Waals surface area contributed by atoms with Crippen molar-refractivity contribution in [1.82, 2.24) is 0 Å². The Morgan fingerprint density at radius 2 is 1.82 bits per heavy atom. The molecule has 1 aromatic rings. The summed E-state index contributed by atoms with van der Waals surface area (Å²) in [4.78, 5) is 0.357. The Morgan fingerprint density at radius 1 is 1.09 bits per heavy atom. The van der Waals surface area contributed by atoms with Gasteiger partial charge >= 0.3 is 140 Å². The first-order chi connectivity index (χ1) is 10.7. The topological polar surface area (TPSA) is 36.9 Å². The van der Waals surface area contributed by atoms with Crippen molar-refractivity contribution < 1.29 is 18.9 Å². The molecule has 0 aromatic heterocycles. The molecule has 1 rings (SSSR count). The second kappa shape index (κ2) is 12.1. The molecular formula is C17H28O4Se. The normalized spacial score (nSPS) is 15.5. The van der Waals surface area contributed by atoms with E-state index in [1.807, 2.05) is 6.07 Å². The molecule has 0 aliphatic rings. The number of benzene rings is 1. The molecular weight excluding hydrogens is 347 g/mol. The van der Waals surface area contributed by atoms with Gasteiger partial charge in [-0.3, -0.25) is 0 Å². The summed E-state index contributed by atoms with van der Waals surface area (Å²) in [6.45, 7) is 5.72. The fourth-order valence-electron chi connectivity index (χ4n) is 2.05. The van der Waals surface area contributed by atoms with Crippen LogP contribution >= 0.6 is 0 Å². The van der Waals surface area contributed by atoms with E-state index in [2.05, 4.69) is 38.1 Å². The van der Waals surface area contributed by atoms with E-state index in [0.717, 1.165) is 6.42 Å². The van der Waals surface area contributed by atoms with Gasteiger partial charge < -0.3 is 0 Å². The van der Waals surface area contributed by atoms with E-state index in [-0.39, 0.29) is 12.2 Å². The van der Waals surface area contributed by atoms with E-state index in [1.54, 1.807) is 14.2 Å². The van der Waals surface area contributed by atoms with Crippen LogP contribution in [0.4, 0.5) is 0 Å². The van der Waals surface area contributed by atoms with Crippen molar-refractivity contribution in [2.24, 2.45) is 0 Å². The first-order valence-electron chi connectivity index (χ1n) is 7.65. The van der Waals surface area contributed by atoms with Crippen LogP contribution in [0.25, 0.3) is 0 Å². The second-order valence-corrected chi connectivity index (χ2v) is 7.59. The minimum absolute atomic E-state index is 0.137. The van der Waals surface area contributed by atoms with E-state index in [0.29, 0.717) is 39.8 Å². The molecule has 0 bridgehead atoms. The molecule has 0 unspecified atom stereocenters. The maximum absolute atomic E-state index is 5.95. The Balaban J connectivity index is 2.59. The van der Waals surface area contributed by atoms with Crippen LogP contribution in [0.3, 0.4) is 0 Å². The van der Waals surface area contributed by atoms with Crippen molar-refractivity contribution in [3.63, 3.8) is 0 Å². The van der Waals surface area contributed by atoms with Crippen molar-refractivity contribution >= 4 is 19.4 Å². The summed E-state index contributed by atoms with van der Waals surface area (Å²) in [6.07, 6.45) is 1.24. The summed E-state index contributed by atoms with van der Waals surface area (Å²) in [5.41, 5.74) is 0. The average Bonchev–Trinajstić information content (AvgIpc) is 2.57. The molecule has 0 fully saturated rings. The molecule has 0 amide bonds. The first kappa shape index (κ1) is 19.6. The number of hydrogen-bond donors (Lipinski definition) is 0. The summed E-state index contributed by atoms with van der Waals surface area (Å²) in [5.74, 6) is 0. The molecule has 0 spiro atoms. The van der Waals surface area contributed by atoms with Gasteiger partial charge in [0.05, 0.1) is 0 Å². The van der Waals surface area contributed by atoms with Crippen molar-refractivity contribution in [3.05, 3.63) is 30.3 Å². The quantitative estimate of drug-likeness (QED) is 0.319. The molecule has 0 radical (unpaired) electrons. The van der Waals surface area contributed by atoms with Crippen LogP contribution in [0.15, 0.2) is 30.3 Å². The monoisotopic (exact) mass is 376 g/mol. The summed E-state index contributed by atoms with van der Waals surface area (Å²) < 4.78 is 23.3. The van der Waals surface area contributed by atoms with Gasteiger partial charge in [-0.1, -0.05) is 0 Å². The van der Waals surface area contributed by atoms with Crippen LogP contribution in [0, 0.1) is 0 Å². The number of rotatable bonds is 12. The van der Waals surface area contributed by atoms with Crippen LogP contribution in [-0.4, -0.2) is 61.4 Å². The van der Waals surface area contributed by atoms with Gasteiger partial charge in [-0.15, -0.1) is 0 Å². The van der Waals surface area contributed by atoms with Crippen LogP contribution in [0.5, 0.6) is 0 Å². The second-order valence-electron chi connectivity index (χ2n) is 4.97. The standard InChI is InChI=1S/C17H28O4Se/c1-5-16(21-13-20-12-11-18-3)17(14(2)19-4)22-15-9-7-6-8-10-15/h6-10,14,16-17H,5,11-13H2,1-4H3/t14-,16-,17-/m1/s1. The van der Waals surface area contributed by atoms with Gasteiger partial charge in [-0.05, 0) is 0 Å². The van der Waals surface area contributed by atoms with Gasteiger partial charge in [0, 0.05) is 0 Å². The third-order valence-corrected chi connectivity index (χ3v) is 6.57. The summed E-state index contributed by atoms with van der Waals surface area (Å²) >= 11 is 0.296. The maximum atomic E-state index is 5.95. The Kier molecular flexibility index (Phi) is 10.8. The van der Waals surface area contributed by atoms with Gasteiger partial charge in [0.2, 0.25) is 0 Å². The molecule has 0 aliphatic carbocycles. The summed E-state index contributed by atoms with van der Waals surface area (Å²) in [5, 5.41) is 0. The molecule has 0 heterocycles. The zero-order valence-electron chi connectivity index (χ0n) is 14.0. The van der Waals surface area contributed by atoms with E-state index in [9.17, 15) is 0 Å².